The fourth-order valence-corrected chi connectivity index (χ4v) is 2.96. The molecule has 0 spiro atoms. The molecular weight excluding hydrogens is 290 g/mol. The topological polar surface area (TPSA) is 63.1 Å². The minimum atomic E-state index is -0.0279. The summed E-state index contributed by atoms with van der Waals surface area (Å²) in [5, 5.41) is 3.30. The molecule has 6 heteroatoms. The lowest BCUT2D eigenvalue weighted by molar-refractivity contribution is -0.133. The normalized spacial score (nSPS) is 17.3. The maximum atomic E-state index is 12.8. The van der Waals surface area contributed by atoms with Crippen LogP contribution in [-0.2, 0) is 17.9 Å². The molecule has 1 aliphatic heterocycles. The molecule has 1 aliphatic rings. The molecule has 23 heavy (non-hydrogen) atoms. The third-order valence-corrected chi connectivity index (χ3v) is 4.17. The summed E-state index contributed by atoms with van der Waals surface area (Å²) < 4.78 is 2.04. The number of nitrogens with one attached hydrogen (secondary N) is 1. The van der Waals surface area contributed by atoms with Crippen molar-refractivity contribution in [3.05, 3.63) is 48.8 Å². The van der Waals surface area contributed by atoms with Crippen LogP contribution in [0.3, 0.4) is 0 Å². The highest BCUT2D eigenvalue weighted by Crippen LogP contribution is 2.12. The van der Waals surface area contributed by atoms with Gasteiger partial charge in [-0.2, -0.15) is 0 Å². The van der Waals surface area contributed by atoms with Crippen molar-refractivity contribution in [1.82, 2.24) is 24.8 Å². The first-order valence-corrected chi connectivity index (χ1v) is 8.20. The molecule has 0 aromatic carbocycles. The Kier molecular flexibility index (Phi) is 5.37. The second kappa shape index (κ2) is 7.87. The van der Waals surface area contributed by atoms with Crippen LogP contribution in [0.25, 0.3) is 0 Å². The van der Waals surface area contributed by atoms with Gasteiger partial charge < -0.3 is 14.8 Å². The Bertz CT molecular complexity index is 593. The lowest BCUT2D eigenvalue weighted by atomic mass is 10.1. The number of amides is 1. The molecule has 1 saturated heterocycles. The zero-order valence-electron chi connectivity index (χ0n) is 13.3. The van der Waals surface area contributed by atoms with Crippen LogP contribution in [0.15, 0.2) is 43.2 Å². The minimum Gasteiger partial charge on any atom is -0.337 e. The van der Waals surface area contributed by atoms with E-state index < -0.39 is 0 Å². The number of carbonyl (C=O) groups excluding carboxylic acids is 1. The third kappa shape index (κ3) is 4.39. The van der Waals surface area contributed by atoms with Crippen LogP contribution < -0.4 is 5.32 Å². The molecule has 122 valence electrons. The summed E-state index contributed by atoms with van der Waals surface area (Å²) in [6, 6.07) is 3.91. The lowest BCUT2D eigenvalue weighted by Gasteiger charge is -2.26. The predicted molar refractivity (Wildman–Crippen MR) is 87.5 cm³/mol. The summed E-state index contributed by atoms with van der Waals surface area (Å²) in [4.78, 5) is 22.9. The highest BCUT2D eigenvalue weighted by molar-refractivity contribution is 5.82. The molecular formula is C17H23N5O. The van der Waals surface area contributed by atoms with Crippen molar-refractivity contribution in [2.45, 2.75) is 38.4 Å². The zero-order valence-corrected chi connectivity index (χ0v) is 13.3. The van der Waals surface area contributed by atoms with Gasteiger partial charge >= 0.3 is 0 Å². The second-order valence-electron chi connectivity index (χ2n) is 5.92. The summed E-state index contributed by atoms with van der Waals surface area (Å²) >= 11 is 0. The quantitative estimate of drug-likeness (QED) is 0.840. The van der Waals surface area contributed by atoms with Crippen molar-refractivity contribution in [3.8, 4) is 0 Å². The monoisotopic (exact) mass is 313 g/mol. The van der Waals surface area contributed by atoms with Gasteiger partial charge in [0.05, 0.1) is 12.4 Å². The standard InChI is InChI=1S/C17H23N5O/c23-17(16-5-2-7-20-16)22(13-15-4-1-6-18-12-15)10-3-9-21-11-8-19-14-21/h1,4,6,8,11-12,14,16,20H,2-3,5,7,9-10,13H2. The number of imidazole rings is 1. The van der Waals surface area contributed by atoms with Crippen LogP contribution in [0, 0.1) is 0 Å². The van der Waals surface area contributed by atoms with Crippen molar-refractivity contribution >= 4 is 5.91 Å². The molecule has 0 radical (unpaired) electrons. The zero-order chi connectivity index (χ0) is 15.9. The van der Waals surface area contributed by atoms with Crippen molar-refractivity contribution in [1.29, 1.82) is 0 Å². The van der Waals surface area contributed by atoms with E-state index in [4.69, 9.17) is 0 Å². The van der Waals surface area contributed by atoms with E-state index in [0.29, 0.717) is 6.54 Å². The number of aryl methyl sites for hydroxylation is 1. The minimum absolute atomic E-state index is 0.0279. The number of carbonyl (C=O) groups is 1. The number of hydrogen-bond donors (Lipinski definition) is 1. The Balaban J connectivity index is 1.61. The molecule has 0 aliphatic carbocycles. The molecule has 2 aromatic rings. The first-order chi connectivity index (χ1) is 11.3. The SMILES string of the molecule is O=C(C1CCCN1)N(CCCn1ccnc1)Cc1cccnc1. The van der Waals surface area contributed by atoms with Crippen molar-refractivity contribution in [2.75, 3.05) is 13.1 Å². The van der Waals surface area contributed by atoms with Crippen LogP contribution in [-0.4, -0.2) is 44.5 Å². The van der Waals surface area contributed by atoms with E-state index in [9.17, 15) is 4.79 Å². The van der Waals surface area contributed by atoms with Crippen LogP contribution in [0.2, 0.25) is 0 Å². The van der Waals surface area contributed by atoms with E-state index in [0.717, 1.165) is 44.5 Å². The van der Waals surface area contributed by atoms with Gasteiger partial charge in [-0.15, -0.1) is 0 Å². The van der Waals surface area contributed by atoms with Crippen LogP contribution >= 0.6 is 0 Å². The van der Waals surface area contributed by atoms with Gasteiger partial charge in [0.15, 0.2) is 0 Å². The predicted octanol–water partition coefficient (Wildman–Crippen LogP) is 1.45. The second-order valence-corrected chi connectivity index (χ2v) is 5.92. The molecule has 0 saturated carbocycles. The van der Waals surface area contributed by atoms with Crippen LogP contribution in [0.4, 0.5) is 0 Å². The van der Waals surface area contributed by atoms with E-state index >= 15 is 0 Å². The average molecular weight is 313 g/mol. The van der Waals surface area contributed by atoms with Gasteiger partial charge in [-0.1, -0.05) is 6.07 Å². The smallest absolute Gasteiger partial charge is 0.240 e. The molecule has 1 amide bonds. The molecule has 1 unspecified atom stereocenters. The molecule has 6 nitrogen and oxygen atoms in total. The molecule has 3 rings (SSSR count). The highest BCUT2D eigenvalue weighted by atomic mass is 16.2. The molecule has 1 N–H and O–H groups in total. The van der Waals surface area contributed by atoms with Crippen molar-refractivity contribution < 1.29 is 4.79 Å². The van der Waals surface area contributed by atoms with E-state index in [2.05, 4.69) is 15.3 Å². The van der Waals surface area contributed by atoms with Gasteiger partial charge in [0, 0.05) is 44.4 Å². The Labute approximate surface area is 136 Å². The number of pyridine rings is 1. The van der Waals surface area contributed by atoms with Gasteiger partial charge in [-0.25, -0.2) is 4.98 Å². The number of nitrogens with zero attached hydrogens (tertiary/aromatic N) is 4. The summed E-state index contributed by atoms with van der Waals surface area (Å²) in [6.45, 7) is 3.17. The van der Waals surface area contributed by atoms with Gasteiger partial charge in [0.25, 0.3) is 0 Å². The molecule has 1 atom stereocenters. The Morgan fingerprint density at radius 1 is 1.39 bits per heavy atom. The van der Waals surface area contributed by atoms with Gasteiger partial charge in [-0.05, 0) is 37.4 Å². The lowest BCUT2D eigenvalue weighted by Crippen LogP contribution is -2.43. The Hall–Kier alpha value is -2.21. The largest absolute Gasteiger partial charge is 0.337 e. The summed E-state index contributed by atoms with van der Waals surface area (Å²) in [5.41, 5.74) is 1.07. The van der Waals surface area contributed by atoms with Crippen molar-refractivity contribution in [3.63, 3.8) is 0 Å². The fourth-order valence-electron chi connectivity index (χ4n) is 2.96. The number of aromatic nitrogens is 3. The molecule has 1 fully saturated rings. The third-order valence-electron chi connectivity index (χ3n) is 4.17. The first kappa shape index (κ1) is 15.7. The number of hydrogen-bond acceptors (Lipinski definition) is 4. The maximum absolute atomic E-state index is 12.8. The summed E-state index contributed by atoms with van der Waals surface area (Å²) in [7, 11) is 0. The average Bonchev–Trinajstić information content (AvgIpc) is 3.28. The maximum Gasteiger partial charge on any atom is 0.240 e. The summed E-state index contributed by atoms with van der Waals surface area (Å²) in [6.07, 6.45) is 12.1. The number of rotatable bonds is 7. The highest BCUT2D eigenvalue weighted by Gasteiger charge is 2.26. The van der Waals surface area contributed by atoms with Gasteiger partial charge in [-0.3, -0.25) is 9.78 Å². The van der Waals surface area contributed by atoms with Crippen molar-refractivity contribution in [2.24, 2.45) is 0 Å². The molecule has 3 heterocycles. The van der Waals surface area contributed by atoms with E-state index in [-0.39, 0.29) is 11.9 Å². The van der Waals surface area contributed by atoms with E-state index in [1.165, 1.54) is 0 Å². The van der Waals surface area contributed by atoms with Crippen LogP contribution in [0.1, 0.15) is 24.8 Å². The fraction of sp³-hybridized carbons (Fsp3) is 0.471. The molecule has 2 aromatic heterocycles. The molecule has 0 bridgehead atoms. The van der Waals surface area contributed by atoms with E-state index in [1.54, 1.807) is 12.4 Å². The van der Waals surface area contributed by atoms with Crippen LogP contribution in [0.5, 0.6) is 0 Å². The first-order valence-electron chi connectivity index (χ1n) is 8.20. The Morgan fingerprint density at radius 3 is 3.04 bits per heavy atom. The van der Waals surface area contributed by atoms with Gasteiger partial charge in [0.1, 0.15) is 0 Å². The summed E-state index contributed by atoms with van der Waals surface area (Å²) in [5.74, 6) is 0.206. The van der Waals surface area contributed by atoms with Gasteiger partial charge in [0.2, 0.25) is 5.91 Å². The Morgan fingerprint density at radius 2 is 2.35 bits per heavy atom. The van der Waals surface area contributed by atoms with E-state index in [1.807, 2.05) is 40.3 Å².